The first kappa shape index (κ1) is 16.4. The number of para-hydroxylation sites is 1. The van der Waals surface area contributed by atoms with Gasteiger partial charge < -0.3 is 9.80 Å². The van der Waals surface area contributed by atoms with Gasteiger partial charge in [-0.25, -0.2) is 14.4 Å². The van der Waals surface area contributed by atoms with Crippen LogP contribution in [-0.4, -0.2) is 36.1 Å². The Bertz CT molecular complexity index is 1100. The lowest BCUT2D eigenvalue weighted by Crippen LogP contribution is -2.46. The van der Waals surface area contributed by atoms with Gasteiger partial charge in [0.25, 0.3) is 0 Å². The smallest absolute Gasteiger partial charge is 0.186 e. The fourth-order valence-electron chi connectivity index (χ4n) is 3.15. The van der Waals surface area contributed by atoms with Crippen LogP contribution in [0.4, 0.5) is 14.7 Å². The van der Waals surface area contributed by atoms with Crippen LogP contribution in [0.5, 0.6) is 0 Å². The molecular formula is C18H14BrFN4S2. The van der Waals surface area contributed by atoms with Gasteiger partial charge in [0.05, 0.1) is 14.9 Å². The SMILES string of the molecule is Fc1cccc2sc(N3CCN(c4nc5ccc(Br)cc5s4)CC3)nc12. The van der Waals surface area contributed by atoms with Crippen molar-refractivity contribution in [3.8, 4) is 0 Å². The Balaban J connectivity index is 1.35. The van der Waals surface area contributed by atoms with E-state index < -0.39 is 0 Å². The van der Waals surface area contributed by atoms with Crippen LogP contribution in [0.3, 0.4) is 0 Å². The maximum absolute atomic E-state index is 13.9. The average Bonchev–Trinajstić information content (AvgIpc) is 3.26. The number of benzene rings is 2. The maximum atomic E-state index is 13.9. The molecule has 1 fully saturated rings. The highest BCUT2D eigenvalue weighted by Crippen LogP contribution is 2.33. The molecule has 0 aliphatic carbocycles. The first-order valence-electron chi connectivity index (χ1n) is 8.28. The number of thiazole rings is 2. The van der Waals surface area contributed by atoms with Crippen LogP contribution >= 0.6 is 38.6 Å². The molecule has 1 saturated heterocycles. The number of fused-ring (bicyclic) bond motifs is 2. The highest BCUT2D eigenvalue weighted by atomic mass is 79.9. The lowest BCUT2D eigenvalue weighted by Gasteiger charge is -2.34. The average molecular weight is 449 g/mol. The van der Waals surface area contributed by atoms with Crippen LogP contribution in [-0.2, 0) is 0 Å². The summed E-state index contributed by atoms with van der Waals surface area (Å²) >= 11 is 6.80. The maximum Gasteiger partial charge on any atom is 0.186 e. The lowest BCUT2D eigenvalue weighted by molar-refractivity contribution is 0.635. The highest BCUT2D eigenvalue weighted by molar-refractivity contribution is 9.10. The Morgan fingerprint density at radius 3 is 2.31 bits per heavy atom. The molecule has 4 aromatic rings. The molecule has 0 unspecified atom stereocenters. The zero-order chi connectivity index (χ0) is 17.7. The molecule has 0 radical (unpaired) electrons. The van der Waals surface area contributed by atoms with Crippen molar-refractivity contribution in [2.45, 2.75) is 0 Å². The van der Waals surface area contributed by atoms with Gasteiger partial charge in [-0.1, -0.05) is 44.7 Å². The molecule has 0 saturated carbocycles. The molecule has 3 heterocycles. The summed E-state index contributed by atoms with van der Waals surface area (Å²) in [5.41, 5.74) is 1.52. The fourth-order valence-corrected chi connectivity index (χ4v) is 5.75. The van der Waals surface area contributed by atoms with Crippen molar-refractivity contribution in [3.63, 3.8) is 0 Å². The van der Waals surface area contributed by atoms with E-state index in [4.69, 9.17) is 4.98 Å². The number of aromatic nitrogens is 2. The van der Waals surface area contributed by atoms with Crippen molar-refractivity contribution in [3.05, 3.63) is 46.7 Å². The molecule has 0 atom stereocenters. The summed E-state index contributed by atoms with van der Waals surface area (Å²) in [7, 11) is 0. The van der Waals surface area contributed by atoms with Crippen LogP contribution in [0, 0.1) is 5.82 Å². The van der Waals surface area contributed by atoms with Gasteiger partial charge in [0.1, 0.15) is 11.3 Å². The topological polar surface area (TPSA) is 32.3 Å². The largest absolute Gasteiger partial charge is 0.345 e. The summed E-state index contributed by atoms with van der Waals surface area (Å²) in [6.45, 7) is 3.50. The van der Waals surface area contributed by atoms with Crippen LogP contribution in [0.15, 0.2) is 40.9 Å². The molecule has 1 aliphatic rings. The number of rotatable bonds is 2. The second-order valence-corrected chi connectivity index (χ2v) is 9.10. The van der Waals surface area contributed by atoms with Crippen molar-refractivity contribution < 1.29 is 4.39 Å². The van der Waals surface area contributed by atoms with E-state index in [9.17, 15) is 4.39 Å². The lowest BCUT2D eigenvalue weighted by atomic mass is 10.3. The molecule has 132 valence electrons. The van der Waals surface area contributed by atoms with E-state index in [1.54, 1.807) is 28.7 Å². The molecule has 0 bridgehead atoms. The van der Waals surface area contributed by atoms with E-state index in [0.717, 1.165) is 51.1 Å². The number of nitrogens with zero attached hydrogens (tertiary/aromatic N) is 4. The predicted molar refractivity (Wildman–Crippen MR) is 111 cm³/mol. The summed E-state index contributed by atoms with van der Waals surface area (Å²) < 4.78 is 17.1. The van der Waals surface area contributed by atoms with Gasteiger partial charge >= 0.3 is 0 Å². The first-order chi connectivity index (χ1) is 12.7. The minimum absolute atomic E-state index is 0.246. The summed E-state index contributed by atoms with van der Waals surface area (Å²) in [6.07, 6.45) is 0. The first-order valence-corrected chi connectivity index (χ1v) is 10.7. The summed E-state index contributed by atoms with van der Waals surface area (Å²) in [5.74, 6) is -0.246. The van der Waals surface area contributed by atoms with Gasteiger partial charge in [0.15, 0.2) is 10.3 Å². The van der Waals surface area contributed by atoms with Crippen molar-refractivity contribution in [2.24, 2.45) is 0 Å². The van der Waals surface area contributed by atoms with Gasteiger partial charge in [-0.05, 0) is 30.3 Å². The summed E-state index contributed by atoms with van der Waals surface area (Å²) in [4.78, 5) is 13.8. The van der Waals surface area contributed by atoms with Gasteiger partial charge in [-0.2, -0.15) is 0 Å². The van der Waals surface area contributed by atoms with Gasteiger partial charge in [0.2, 0.25) is 0 Å². The summed E-state index contributed by atoms with van der Waals surface area (Å²) in [5, 5.41) is 1.96. The molecule has 1 aliphatic heterocycles. The minimum Gasteiger partial charge on any atom is -0.345 e. The number of hydrogen-bond acceptors (Lipinski definition) is 6. The van der Waals surface area contributed by atoms with Crippen LogP contribution in [0.2, 0.25) is 0 Å². The van der Waals surface area contributed by atoms with Crippen molar-refractivity contribution >= 4 is 69.3 Å². The third-order valence-corrected chi connectivity index (χ3v) is 7.17. The molecule has 0 spiro atoms. The number of halogens is 2. The highest BCUT2D eigenvalue weighted by Gasteiger charge is 2.22. The van der Waals surface area contributed by atoms with E-state index in [1.165, 1.54) is 10.8 Å². The molecule has 4 nitrogen and oxygen atoms in total. The Kier molecular flexibility index (Phi) is 4.06. The Hall–Kier alpha value is -1.77. The third-order valence-electron chi connectivity index (χ3n) is 4.52. The second kappa shape index (κ2) is 6.44. The van der Waals surface area contributed by atoms with E-state index in [1.807, 2.05) is 18.2 Å². The van der Waals surface area contributed by atoms with E-state index >= 15 is 0 Å². The Morgan fingerprint density at radius 1 is 0.885 bits per heavy atom. The van der Waals surface area contributed by atoms with E-state index in [2.05, 4.69) is 36.8 Å². The second-order valence-electron chi connectivity index (χ2n) is 6.17. The zero-order valence-electron chi connectivity index (χ0n) is 13.7. The molecular weight excluding hydrogens is 435 g/mol. The number of anilines is 2. The Labute approximate surface area is 166 Å². The monoisotopic (exact) mass is 448 g/mol. The number of hydrogen-bond donors (Lipinski definition) is 0. The quantitative estimate of drug-likeness (QED) is 0.425. The summed E-state index contributed by atoms with van der Waals surface area (Å²) in [6, 6.07) is 11.3. The Morgan fingerprint density at radius 2 is 1.58 bits per heavy atom. The third kappa shape index (κ3) is 2.86. The molecule has 2 aromatic carbocycles. The van der Waals surface area contributed by atoms with Crippen molar-refractivity contribution in [1.82, 2.24) is 9.97 Å². The van der Waals surface area contributed by atoms with Gasteiger partial charge in [-0.3, -0.25) is 0 Å². The number of piperazine rings is 1. The van der Waals surface area contributed by atoms with Crippen molar-refractivity contribution in [2.75, 3.05) is 36.0 Å². The van der Waals surface area contributed by atoms with Crippen LogP contribution in [0.25, 0.3) is 20.4 Å². The van der Waals surface area contributed by atoms with Crippen LogP contribution < -0.4 is 9.80 Å². The molecule has 0 amide bonds. The molecule has 5 rings (SSSR count). The zero-order valence-corrected chi connectivity index (χ0v) is 16.9. The molecule has 8 heteroatoms. The van der Waals surface area contributed by atoms with Crippen LogP contribution in [0.1, 0.15) is 0 Å². The van der Waals surface area contributed by atoms with E-state index in [-0.39, 0.29) is 5.82 Å². The minimum atomic E-state index is -0.246. The van der Waals surface area contributed by atoms with Gasteiger partial charge in [0, 0.05) is 30.7 Å². The fraction of sp³-hybridized carbons (Fsp3) is 0.222. The molecule has 0 N–H and O–H groups in total. The van der Waals surface area contributed by atoms with E-state index in [0.29, 0.717) is 5.52 Å². The van der Waals surface area contributed by atoms with Gasteiger partial charge in [-0.15, -0.1) is 0 Å². The van der Waals surface area contributed by atoms with Crippen molar-refractivity contribution in [1.29, 1.82) is 0 Å². The normalized spacial score (nSPS) is 15.3. The standard InChI is InChI=1S/C18H14BrFN4S2/c19-11-4-5-13-15(10-11)26-17(21-13)23-6-8-24(9-7-23)18-22-16-12(20)2-1-3-14(16)25-18/h1-5,10H,6-9H2. The predicted octanol–water partition coefficient (Wildman–Crippen LogP) is 5.13. The molecule has 2 aromatic heterocycles. The molecule has 26 heavy (non-hydrogen) atoms.